The minimum Gasteiger partial charge on any atom is -0.478 e. The summed E-state index contributed by atoms with van der Waals surface area (Å²) in [5.74, 6) is -2.44. The molecule has 31 heavy (non-hydrogen) atoms. The smallest absolute Gasteiger partial charge is 0.328 e. The predicted molar refractivity (Wildman–Crippen MR) is 117 cm³/mol. The van der Waals surface area contributed by atoms with E-state index in [0.717, 1.165) is 28.2 Å². The number of imidazole rings is 1. The highest BCUT2D eigenvalue weighted by Gasteiger charge is 2.18. The minimum absolute atomic E-state index is 0.0710. The van der Waals surface area contributed by atoms with Crippen molar-refractivity contribution in [3.05, 3.63) is 71.6 Å². The number of nitrogens with zero attached hydrogens (tertiary/aromatic N) is 3. The van der Waals surface area contributed by atoms with Crippen LogP contribution in [0.2, 0.25) is 0 Å². The van der Waals surface area contributed by atoms with Crippen molar-refractivity contribution in [2.75, 3.05) is 14.1 Å². The fourth-order valence-electron chi connectivity index (χ4n) is 2.76. The molecule has 0 saturated carbocycles. The van der Waals surface area contributed by atoms with Crippen LogP contribution in [0.1, 0.15) is 16.8 Å². The van der Waals surface area contributed by atoms with Crippen LogP contribution in [0.15, 0.2) is 54.7 Å². The fraction of sp³-hybridized carbons (Fsp3) is 0.217. The van der Waals surface area contributed by atoms with E-state index in [-0.39, 0.29) is 5.91 Å². The molecule has 0 bridgehead atoms. The van der Waals surface area contributed by atoms with Crippen LogP contribution in [0.3, 0.4) is 0 Å². The molecule has 0 fully saturated rings. The van der Waals surface area contributed by atoms with E-state index in [0.29, 0.717) is 18.6 Å². The SMILES string of the molecule is Cc1ccc(-c2nc3ccc(C)cn3c2CC(=O)N(C)C)cc1.O=C(O)C=CC(=O)O. The van der Waals surface area contributed by atoms with Crippen molar-refractivity contribution >= 4 is 23.5 Å². The Kier molecular flexibility index (Phi) is 7.68. The molecule has 8 nitrogen and oxygen atoms in total. The molecular formula is C23H25N3O5. The first-order valence-electron chi connectivity index (χ1n) is 9.47. The van der Waals surface area contributed by atoms with Crippen molar-refractivity contribution in [3.8, 4) is 11.3 Å². The Hall–Kier alpha value is -3.94. The molecule has 0 atom stereocenters. The predicted octanol–water partition coefficient (Wildman–Crippen LogP) is 2.96. The lowest BCUT2D eigenvalue weighted by molar-refractivity contribution is -0.134. The minimum atomic E-state index is -1.26. The number of likely N-dealkylation sites (N-methyl/N-ethyl adjacent to an activating group) is 1. The first-order chi connectivity index (χ1) is 14.6. The molecule has 8 heteroatoms. The number of aromatic nitrogens is 2. The topological polar surface area (TPSA) is 112 Å². The van der Waals surface area contributed by atoms with E-state index in [2.05, 4.69) is 31.2 Å². The van der Waals surface area contributed by atoms with Crippen LogP contribution in [-0.2, 0) is 20.8 Å². The van der Waals surface area contributed by atoms with Crippen LogP contribution in [-0.4, -0.2) is 56.4 Å². The summed E-state index contributed by atoms with van der Waals surface area (Å²) in [5.41, 5.74) is 6.08. The molecule has 3 rings (SSSR count). The van der Waals surface area contributed by atoms with Crippen molar-refractivity contribution in [1.29, 1.82) is 0 Å². The highest BCUT2D eigenvalue weighted by Crippen LogP contribution is 2.26. The molecule has 2 aromatic heterocycles. The van der Waals surface area contributed by atoms with Crippen LogP contribution < -0.4 is 0 Å². The lowest BCUT2D eigenvalue weighted by Crippen LogP contribution is -2.24. The van der Waals surface area contributed by atoms with Crippen molar-refractivity contribution in [3.63, 3.8) is 0 Å². The Labute approximate surface area is 180 Å². The Morgan fingerprint density at radius 2 is 1.48 bits per heavy atom. The normalized spacial score (nSPS) is 10.6. The maximum Gasteiger partial charge on any atom is 0.328 e. The summed E-state index contributed by atoms with van der Waals surface area (Å²) in [7, 11) is 3.56. The van der Waals surface area contributed by atoms with Gasteiger partial charge in [-0.2, -0.15) is 0 Å². The molecule has 2 N–H and O–H groups in total. The maximum absolute atomic E-state index is 12.3. The lowest BCUT2D eigenvalue weighted by atomic mass is 10.1. The number of hydrogen-bond donors (Lipinski definition) is 2. The van der Waals surface area contributed by atoms with Crippen molar-refractivity contribution < 1.29 is 24.6 Å². The van der Waals surface area contributed by atoms with Crippen LogP contribution in [0.25, 0.3) is 16.9 Å². The summed E-state index contributed by atoms with van der Waals surface area (Å²) in [6, 6.07) is 12.3. The van der Waals surface area contributed by atoms with Gasteiger partial charge in [-0.25, -0.2) is 14.6 Å². The number of rotatable bonds is 5. The summed E-state index contributed by atoms with van der Waals surface area (Å²) in [6.07, 6.45) is 3.49. The third-order valence-corrected chi connectivity index (χ3v) is 4.38. The maximum atomic E-state index is 12.3. The van der Waals surface area contributed by atoms with Gasteiger partial charge in [-0.3, -0.25) is 4.79 Å². The van der Waals surface area contributed by atoms with Gasteiger partial charge in [-0.1, -0.05) is 35.9 Å². The Balaban J connectivity index is 0.000000366. The molecule has 0 radical (unpaired) electrons. The molecule has 0 spiro atoms. The van der Waals surface area contributed by atoms with E-state index in [4.69, 9.17) is 15.2 Å². The summed E-state index contributed by atoms with van der Waals surface area (Å²) in [6.45, 7) is 4.11. The van der Waals surface area contributed by atoms with Crippen molar-refractivity contribution in [2.45, 2.75) is 20.3 Å². The van der Waals surface area contributed by atoms with Gasteiger partial charge in [0.25, 0.3) is 0 Å². The number of aliphatic carboxylic acids is 2. The zero-order valence-electron chi connectivity index (χ0n) is 17.9. The molecule has 1 aromatic carbocycles. The Morgan fingerprint density at radius 3 is 2.00 bits per heavy atom. The Bertz CT molecular complexity index is 1110. The highest BCUT2D eigenvalue weighted by atomic mass is 16.4. The number of hydrogen-bond acceptors (Lipinski definition) is 4. The van der Waals surface area contributed by atoms with Gasteiger partial charge in [-0.15, -0.1) is 0 Å². The molecule has 0 aliphatic rings. The monoisotopic (exact) mass is 423 g/mol. The fourth-order valence-corrected chi connectivity index (χ4v) is 2.76. The molecule has 0 unspecified atom stereocenters. The van der Waals surface area contributed by atoms with Crippen LogP contribution >= 0.6 is 0 Å². The highest BCUT2D eigenvalue weighted by molar-refractivity contribution is 5.89. The first kappa shape index (κ1) is 23.3. The molecule has 3 aromatic rings. The third kappa shape index (κ3) is 6.53. The van der Waals surface area contributed by atoms with E-state index in [1.165, 1.54) is 5.56 Å². The average molecular weight is 423 g/mol. The second-order valence-electron chi connectivity index (χ2n) is 7.18. The van der Waals surface area contributed by atoms with Gasteiger partial charge in [0.15, 0.2) is 0 Å². The van der Waals surface area contributed by atoms with Gasteiger partial charge in [0, 0.05) is 38.0 Å². The van der Waals surface area contributed by atoms with Gasteiger partial charge in [0.1, 0.15) is 5.65 Å². The molecular weight excluding hydrogens is 398 g/mol. The summed E-state index contributed by atoms with van der Waals surface area (Å²) >= 11 is 0. The molecule has 162 valence electrons. The van der Waals surface area contributed by atoms with Crippen LogP contribution in [0, 0.1) is 13.8 Å². The number of carbonyl (C=O) groups is 3. The number of aryl methyl sites for hydroxylation is 2. The van der Waals surface area contributed by atoms with E-state index in [9.17, 15) is 14.4 Å². The largest absolute Gasteiger partial charge is 0.478 e. The number of fused-ring (bicyclic) bond motifs is 1. The van der Waals surface area contributed by atoms with Gasteiger partial charge >= 0.3 is 11.9 Å². The summed E-state index contributed by atoms with van der Waals surface area (Å²) < 4.78 is 2.03. The molecule has 0 aliphatic heterocycles. The molecule has 1 amide bonds. The number of carboxylic acids is 2. The third-order valence-electron chi connectivity index (χ3n) is 4.38. The van der Waals surface area contributed by atoms with Crippen molar-refractivity contribution in [1.82, 2.24) is 14.3 Å². The number of pyridine rings is 1. The van der Waals surface area contributed by atoms with E-state index < -0.39 is 11.9 Å². The molecule has 0 aliphatic carbocycles. The molecule has 0 saturated heterocycles. The van der Waals surface area contributed by atoms with Crippen molar-refractivity contribution in [2.24, 2.45) is 0 Å². The zero-order chi connectivity index (χ0) is 23.1. The molecule has 2 heterocycles. The number of carboxylic acid groups (broad SMARTS) is 2. The van der Waals surface area contributed by atoms with E-state index in [1.54, 1.807) is 19.0 Å². The average Bonchev–Trinajstić information content (AvgIpc) is 3.05. The summed E-state index contributed by atoms with van der Waals surface area (Å²) in [5, 5.41) is 15.6. The van der Waals surface area contributed by atoms with Gasteiger partial charge in [0.05, 0.1) is 17.8 Å². The van der Waals surface area contributed by atoms with E-state index >= 15 is 0 Å². The van der Waals surface area contributed by atoms with Gasteiger partial charge in [-0.05, 0) is 25.5 Å². The second-order valence-corrected chi connectivity index (χ2v) is 7.18. The number of benzene rings is 1. The van der Waals surface area contributed by atoms with Crippen LogP contribution in [0.4, 0.5) is 0 Å². The summed E-state index contributed by atoms with van der Waals surface area (Å²) in [4.78, 5) is 37.7. The number of carbonyl (C=O) groups excluding carboxylic acids is 1. The number of amides is 1. The first-order valence-corrected chi connectivity index (χ1v) is 9.47. The standard InChI is InChI=1S/C19H21N3O.C4H4O4/c1-13-5-8-15(9-6-13)19-16(11-18(23)21(3)4)22-12-14(2)7-10-17(22)20-19;5-3(6)1-2-4(7)8/h5-10,12H,11H2,1-4H3;1-2H,(H,5,6)(H,7,8). The second kappa shape index (κ2) is 10.2. The quantitative estimate of drug-likeness (QED) is 0.610. The van der Waals surface area contributed by atoms with Gasteiger partial charge < -0.3 is 19.5 Å². The Morgan fingerprint density at radius 1 is 0.935 bits per heavy atom. The zero-order valence-corrected chi connectivity index (χ0v) is 17.9. The lowest BCUT2D eigenvalue weighted by Gasteiger charge is -2.11. The van der Waals surface area contributed by atoms with E-state index in [1.807, 2.05) is 29.7 Å². The van der Waals surface area contributed by atoms with Crippen LogP contribution in [0.5, 0.6) is 0 Å². The van der Waals surface area contributed by atoms with Gasteiger partial charge in [0.2, 0.25) is 5.91 Å².